The van der Waals surface area contributed by atoms with E-state index in [-0.39, 0.29) is 68.0 Å². The summed E-state index contributed by atoms with van der Waals surface area (Å²) in [5, 5.41) is 0. The van der Waals surface area contributed by atoms with E-state index in [9.17, 15) is 39.5 Å². The molecule has 0 fully saturated rings. The van der Waals surface area contributed by atoms with Crippen molar-refractivity contribution < 1.29 is 39.5 Å². The van der Waals surface area contributed by atoms with E-state index >= 15 is 0 Å². The normalized spacial score (nSPS) is 15.1. The Balaban J connectivity index is 1.86. The molecular formula is C36H41F9N8. The average Bonchev–Trinajstić information content (AvgIpc) is 3.69. The Kier molecular flexibility index (Phi) is 9.73. The molecule has 17 heteroatoms. The Morgan fingerprint density at radius 2 is 0.811 bits per heavy atom. The molecule has 5 heterocycles. The summed E-state index contributed by atoms with van der Waals surface area (Å²) in [5.74, 6) is -0.556. The third-order valence-electron chi connectivity index (χ3n) is 9.17. The molecule has 0 amide bonds. The lowest BCUT2D eigenvalue weighted by Crippen LogP contribution is -2.34. The number of aromatic amines is 2. The van der Waals surface area contributed by atoms with Crippen molar-refractivity contribution in [2.75, 3.05) is 0 Å². The van der Waals surface area contributed by atoms with Gasteiger partial charge in [-0.25, -0.2) is 29.9 Å². The summed E-state index contributed by atoms with van der Waals surface area (Å²) in [4.78, 5) is 32.8. The first-order valence-electron chi connectivity index (χ1n) is 16.8. The summed E-state index contributed by atoms with van der Waals surface area (Å²) < 4.78 is 127. The van der Waals surface area contributed by atoms with Gasteiger partial charge in [0.2, 0.25) is 0 Å². The lowest BCUT2D eigenvalue weighted by Gasteiger charge is -2.27. The van der Waals surface area contributed by atoms with Gasteiger partial charge in [-0.15, -0.1) is 0 Å². The van der Waals surface area contributed by atoms with Crippen molar-refractivity contribution in [1.82, 2.24) is 39.9 Å². The van der Waals surface area contributed by atoms with E-state index in [1.807, 2.05) is 20.8 Å². The van der Waals surface area contributed by atoms with Gasteiger partial charge in [0.25, 0.3) is 0 Å². The quantitative estimate of drug-likeness (QED) is 0.232. The standard InChI is InChI=1S/C36H41F9N8/c1-30(2,3)14-18-10-22-46-26(18)47-23-11-19(15-31(4,5)34(37,38)39)28(49-23)51-25-13-21(17-33(8,9)36(43,44)45)29(53-25)52-24-12-20(27(48-22)50-24)16-32(6,7)35(40,41)42/h10-13H,14-17H2,1-9H3,(H2,46,47,48,49,50,51,52,53). The molecule has 3 aromatic rings. The van der Waals surface area contributed by atoms with Crippen LogP contribution in [-0.2, 0) is 12.8 Å². The summed E-state index contributed by atoms with van der Waals surface area (Å²) in [6, 6.07) is 3.00. The van der Waals surface area contributed by atoms with E-state index < -0.39 is 54.0 Å². The third kappa shape index (κ3) is 8.75. The van der Waals surface area contributed by atoms with Gasteiger partial charge in [0.05, 0.1) is 16.2 Å². The Bertz CT molecular complexity index is 2120. The predicted molar refractivity (Wildman–Crippen MR) is 184 cm³/mol. The average molecular weight is 757 g/mol. The van der Waals surface area contributed by atoms with Crippen LogP contribution in [-0.4, -0.2) is 58.4 Å². The number of allylic oxidation sites excluding steroid dienone is 2. The van der Waals surface area contributed by atoms with Gasteiger partial charge in [0.15, 0.2) is 23.3 Å². The minimum atomic E-state index is -4.65. The first-order chi connectivity index (χ1) is 23.9. The van der Waals surface area contributed by atoms with Crippen LogP contribution in [0.4, 0.5) is 39.5 Å². The van der Waals surface area contributed by atoms with Gasteiger partial charge in [-0.1, -0.05) is 62.3 Å². The second-order valence-electron chi connectivity index (χ2n) is 16.8. The van der Waals surface area contributed by atoms with Crippen molar-refractivity contribution in [2.45, 2.75) is 107 Å². The van der Waals surface area contributed by atoms with Gasteiger partial charge in [0, 0.05) is 11.1 Å². The molecule has 0 unspecified atom stereocenters. The second-order valence-corrected chi connectivity index (χ2v) is 16.8. The number of hydrogen-bond donors (Lipinski definition) is 2. The predicted octanol–water partition coefficient (Wildman–Crippen LogP) is 10.7. The summed E-state index contributed by atoms with van der Waals surface area (Å²) >= 11 is 0. The van der Waals surface area contributed by atoms with Crippen LogP contribution >= 0.6 is 0 Å². The Labute approximate surface area is 299 Å². The lowest BCUT2D eigenvalue weighted by molar-refractivity contribution is -0.211. The fraction of sp³-hybridized carbons (Fsp3) is 0.556. The summed E-state index contributed by atoms with van der Waals surface area (Å²) in [6.07, 6.45) is -12.5. The van der Waals surface area contributed by atoms with Gasteiger partial charge >= 0.3 is 18.5 Å². The summed E-state index contributed by atoms with van der Waals surface area (Å²) in [5.41, 5.74) is -5.65. The Hall–Kier alpha value is -4.31. The molecule has 288 valence electrons. The molecule has 2 aliphatic heterocycles. The number of hydrogen-bond acceptors (Lipinski definition) is 6. The highest BCUT2D eigenvalue weighted by atomic mass is 19.4. The first-order valence-corrected chi connectivity index (χ1v) is 16.8. The summed E-state index contributed by atoms with van der Waals surface area (Å²) in [6.45, 7) is 12.0. The molecule has 0 atom stereocenters. The van der Waals surface area contributed by atoms with Crippen molar-refractivity contribution in [1.29, 1.82) is 0 Å². The maximum atomic E-state index is 14.1. The van der Waals surface area contributed by atoms with Crippen LogP contribution in [0.1, 0.15) is 110 Å². The molecule has 0 saturated heterocycles. The maximum absolute atomic E-state index is 14.1. The van der Waals surface area contributed by atoms with Gasteiger partial charge in [0.1, 0.15) is 22.6 Å². The van der Waals surface area contributed by atoms with E-state index in [0.717, 1.165) is 41.5 Å². The fourth-order valence-corrected chi connectivity index (χ4v) is 5.72. The van der Waals surface area contributed by atoms with Crippen LogP contribution < -0.4 is 0 Å². The number of rotatable bonds is 7. The fourth-order valence-electron chi connectivity index (χ4n) is 5.72. The van der Waals surface area contributed by atoms with E-state index in [0.29, 0.717) is 12.0 Å². The SMILES string of the molecule is CC(C)(C)Cc1cc2nc3[nH]c(cc3CC(C)(C)C(F)(F)F)nc3nc(nc4nc(nc1[nH]2)C=C4CC(C)(C)C(F)(F)F)C=C3CC(C)(C)C(F)(F)F. The number of H-pyrrole nitrogens is 2. The van der Waals surface area contributed by atoms with Gasteiger partial charge in [-0.2, -0.15) is 39.5 Å². The molecular weight excluding hydrogens is 715 g/mol. The molecule has 8 nitrogen and oxygen atoms in total. The van der Waals surface area contributed by atoms with Crippen LogP contribution in [0.2, 0.25) is 0 Å². The number of alkyl halides is 9. The molecule has 53 heavy (non-hydrogen) atoms. The number of nitrogens with one attached hydrogen (secondary N) is 2. The number of nitrogens with zero attached hydrogens (tertiary/aromatic N) is 6. The van der Waals surface area contributed by atoms with Crippen molar-refractivity contribution >= 4 is 45.9 Å². The minimum absolute atomic E-state index is 0.00273. The zero-order valence-corrected chi connectivity index (χ0v) is 30.7. The monoisotopic (exact) mass is 756 g/mol. The molecule has 0 aliphatic carbocycles. The molecule has 0 aromatic carbocycles. The molecule has 0 radical (unpaired) electrons. The second kappa shape index (κ2) is 12.9. The highest BCUT2D eigenvalue weighted by molar-refractivity contribution is 5.83. The van der Waals surface area contributed by atoms with Crippen LogP contribution in [0.15, 0.2) is 12.1 Å². The Morgan fingerprint density at radius 1 is 0.453 bits per heavy atom. The van der Waals surface area contributed by atoms with Crippen LogP contribution in [0.25, 0.3) is 45.9 Å². The van der Waals surface area contributed by atoms with Crippen LogP contribution in [0.5, 0.6) is 0 Å². The van der Waals surface area contributed by atoms with E-state index in [1.54, 1.807) is 6.07 Å². The van der Waals surface area contributed by atoms with E-state index in [2.05, 4.69) is 39.9 Å². The third-order valence-corrected chi connectivity index (χ3v) is 9.17. The van der Waals surface area contributed by atoms with Crippen molar-refractivity contribution in [3.63, 3.8) is 0 Å². The van der Waals surface area contributed by atoms with Crippen LogP contribution in [0.3, 0.4) is 0 Å². The molecule has 0 spiro atoms. The maximum Gasteiger partial charge on any atom is 0.394 e. The highest BCUT2D eigenvalue weighted by Gasteiger charge is 2.50. The van der Waals surface area contributed by atoms with Crippen molar-refractivity contribution in [2.24, 2.45) is 21.7 Å². The molecule has 2 N–H and O–H groups in total. The van der Waals surface area contributed by atoms with Gasteiger partial charge < -0.3 is 9.97 Å². The minimum Gasteiger partial charge on any atom is -0.325 e. The number of halogens is 9. The first kappa shape index (κ1) is 39.9. The topological polar surface area (TPSA) is 109 Å². The smallest absolute Gasteiger partial charge is 0.325 e. The van der Waals surface area contributed by atoms with Crippen molar-refractivity contribution in [3.05, 3.63) is 46.6 Å². The Morgan fingerprint density at radius 3 is 1.25 bits per heavy atom. The summed E-state index contributed by atoms with van der Waals surface area (Å²) in [7, 11) is 0. The molecule has 8 bridgehead atoms. The zero-order chi connectivity index (χ0) is 39.7. The largest absolute Gasteiger partial charge is 0.394 e. The molecule has 2 aliphatic rings. The van der Waals surface area contributed by atoms with E-state index in [4.69, 9.17) is 0 Å². The highest BCUT2D eigenvalue weighted by Crippen LogP contribution is 2.47. The molecule has 0 saturated carbocycles. The van der Waals surface area contributed by atoms with E-state index in [1.165, 1.54) is 18.2 Å². The van der Waals surface area contributed by atoms with Gasteiger partial charge in [-0.3, -0.25) is 0 Å². The molecule has 3 aromatic heterocycles. The van der Waals surface area contributed by atoms with Gasteiger partial charge in [-0.05, 0) is 66.5 Å². The molecule has 5 rings (SSSR count). The zero-order valence-electron chi connectivity index (χ0n) is 30.7. The lowest BCUT2D eigenvalue weighted by atomic mass is 9.84. The van der Waals surface area contributed by atoms with Crippen LogP contribution in [0, 0.1) is 21.7 Å². The number of aromatic nitrogens is 8. The van der Waals surface area contributed by atoms with Crippen molar-refractivity contribution in [3.8, 4) is 0 Å². The number of fused-ring (bicyclic) bond motifs is 8.